The number of pyridine rings is 1. The van der Waals surface area contributed by atoms with Gasteiger partial charge in [-0.2, -0.15) is 13.2 Å². The molecule has 1 aliphatic heterocycles. The minimum Gasteiger partial charge on any atom is -0.472 e. The van der Waals surface area contributed by atoms with E-state index in [4.69, 9.17) is 4.42 Å². The lowest BCUT2D eigenvalue weighted by molar-refractivity contribution is -0.136. The Morgan fingerprint density at radius 3 is 2.81 bits per heavy atom. The number of halogens is 3. The monoisotopic (exact) mass is 444 g/mol. The molecular formula is C21H15F3N4O2S. The highest BCUT2D eigenvalue weighted by Gasteiger charge is 2.36. The third-order valence-electron chi connectivity index (χ3n) is 5.23. The summed E-state index contributed by atoms with van der Waals surface area (Å²) in [6, 6.07) is 2.61. The van der Waals surface area contributed by atoms with Crippen LogP contribution in [-0.4, -0.2) is 38.3 Å². The van der Waals surface area contributed by atoms with Gasteiger partial charge in [0.2, 0.25) is 0 Å². The van der Waals surface area contributed by atoms with E-state index in [1.165, 1.54) is 34.5 Å². The molecule has 0 atom stereocenters. The number of thiazole rings is 1. The van der Waals surface area contributed by atoms with Gasteiger partial charge >= 0.3 is 6.18 Å². The lowest BCUT2D eigenvalue weighted by Crippen LogP contribution is -2.29. The summed E-state index contributed by atoms with van der Waals surface area (Å²) in [4.78, 5) is 23.1. The van der Waals surface area contributed by atoms with Gasteiger partial charge in [-0.1, -0.05) is 6.08 Å². The Balaban J connectivity index is 1.56. The summed E-state index contributed by atoms with van der Waals surface area (Å²) < 4.78 is 47.7. The second kappa shape index (κ2) is 7.09. The van der Waals surface area contributed by atoms with Crippen LogP contribution in [0, 0.1) is 6.92 Å². The van der Waals surface area contributed by atoms with Crippen molar-refractivity contribution in [3.63, 3.8) is 0 Å². The van der Waals surface area contributed by atoms with Crippen molar-refractivity contribution in [2.75, 3.05) is 13.1 Å². The molecule has 0 spiro atoms. The summed E-state index contributed by atoms with van der Waals surface area (Å²) in [5.41, 5.74) is 0.890. The van der Waals surface area contributed by atoms with Crippen molar-refractivity contribution in [3.8, 4) is 11.1 Å². The van der Waals surface area contributed by atoms with Gasteiger partial charge in [-0.15, -0.1) is 11.3 Å². The third-order valence-corrected chi connectivity index (χ3v) is 6.08. The Hall–Kier alpha value is -3.40. The van der Waals surface area contributed by atoms with Crippen molar-refractivity contribution >= 4 is 28.5 Å². The Morgan fingerprint density at radius 2 is 2.13 bits per heavy atom. The molecule has 5 heterocycles. The molecule has 4 aromatic heterocycles. The van der Waals surface area contributed by atoms with E-state index in [2.05, 4.69) is 9.97 Å². The number of carbonyl (C=O) groups excluding carboxylic acids is 1. The van der Waals surface area contributed by atoms with Gasteiger partial charge in [-0.05, 0) is 19.1 Å². The van der Waals surface area contributed by atoms with Crippen LogP contribution >= 0.6 is 11.3 Å². The number of hydrogen-bond donors (Lipinski definition) is 0. The summed E-state index contributed by atoms with van der Waals surface area (Å²) in [6.07, 6.45) is 3.26. The number of imidazole rings is 1. The first kappa shape index (κ1) is 19.6. The average Bonchev–Trinajstić information content (AvgIpc) is 3.53. The first-order chi connectivity index (χ1) is 14.8. The fourth-order valence-electron chi connectivity index (χ4n) is 3.65. The van der Waals surface area contributed by atoms with E-state index in [0.29, 0.717) is 29.9 Å². The molecule has 0 saturated carbocycles. The van der Waals surface area contributed by atoms with E-state index in [1.54, 1.807) is 24.1 Å². The van der Waals surface area contributed by atoms with Gasteiger partial charge in [0.15, 0.2) is 0 Å². The Bertz CT molecular complexity index is 1300. The van der Waals surface area contributed by atoms with Crippen LogP contribution in [0.2, 0.25) is 0 Å². The molecular weight excluding hydrogens is 429 g/mol. The van der Waals surface area contributed by atoms with E-state index >= 15 is 0 Å². The molecule has 0 saturated heterocycles. The van der Waals surface area contributed by atoms with Gasteiger partial charge in [0.25, 0.3) is 5.91 Å². The standard InChI is InChI=1S/C21H15F3N4O2S/c1-12-17(20(29)27-5-2-13(9-27)19-25-4-7-31-19)26-18-16(21(22,23)24)8-15(10-28(12)18)14-3-6-30-11-14/h2-4,6-8,10-11H,5,9H2,1H3. The maximum absolute atomic E-state index is 13.8. The summed E-state index contributed by atoms with van der Waals surface area (Å²) in [7, 11) is 0. The molecule has 6 nitrogen and oxygen atoms in total. The lowest BCUT2D eigenvalue weighted by atomic mass is 10.1. The van der Waals surface area contributed by atoms with Crippen molar-refractivity contribution < 1.29 is 22.4 Å². The first-order valence-corrected chi connectivity index (χ1v) is 10.2. The van der Waals surface area contributed by atoms with Crippen LogP contribution in [0.3, 0.4) is 0 Å². The molecule has 4 aromatic rings. The van der Waals surface area contributed by atoms with Crippen LogP contribution < -0.4 is 0 Å². The molecule has 1 amide bonds. The Morgan fingerprint density at radius 1 is 1.29 bits per heavy atom. The normalized spacial score (nSPS) is 14.5. The topological polar surface area (TPSA) is 63.6 Å². The van der Waals surface area contributed by atoms with Crippen LogP contribution in [0.5, 0.6) is 0 Å². The maximum Gasteiger partial charge on any atom is 0.420 e. The zero-order chi connectivity index (χ0) is 21.8. The summed E-state index contributed by atoms with van der Waals surface area (Å²) in [6.45, 7) is 2.29. The Kier molecular flexibility index (Phi) is 4.47. The molecule has 10 heteroatoms. The average molecular weight is 444 g/mol. The number of rotatable bonds is 3. The quantitative estimate of drug-likeness (QED) is 0.450. The van der Waals surface area contributed by atoms with Gasteiger partial charge in [0.05, 0.1) is 23.8 Å². The number of furan rings is 1. The number of aryl methyl sites for hydroxylation is 1. The van der Waals surface area contributed by atoms with Crippen molar-refractivity contribution in [2.45, 2.75) is 13.1 Å². The molecule has 0 aliphatic carbocycles. The zero-order valence-electron chi connectivity index (χ0n) is 16.2. The van der Waals surface area contributed by atoms with E-state index in [9.17, 15) is 18.0 Å². The van der Waals surface area contributed by atoms with Gasteiger partial charge in [0, 0.05) is 47.6 Å². The van der Waals surface area contributed by atoms with E-state index in [-0.39, 0.29) is 11.3 Å². The van der Waals surface area contributed by atoms with Crippen LogP contribution in [0.4, 0.5) is 13.2 Å². The van der Waals surface area contributed by atoms with Crippen molar-refractivity contribution in [3.05, 3.63) is 70.5 Å². The predicted molar refractivity (Wildman–Crippen MR) is 109 cm³/mol. The Labute approximate surface area is 178 Å². The summed E-state index contributed by atoms with van der Waals surface area (Å²) in [5, 5.41) is 2.68. The fourth-order valence-corrected chi connectivity index (χ4v) is 4.32. The molecule has 0 bridgehead atoms. The number of carbonyl (C=O) groups is 1. The SMILES string of the molecule is Cc1c(C(=O)N2CC=C(c3nccs3)C2)nc2c(C(F)(F)F)cc(-c3ccoc3)cn12. The highest BCUT2D eigenvalue weighted by molar-refractivity contribution is 7.10. The second-order valence-electron chi connectivity index (χ2n) is 7.14. The number of alkyl halides is 3. The van der Waals surface area contributed by atoms with Gasteiger partial charge in [0.1, 0.15) is 16.3 Å². The van der Waals surface area contributed by atoms with Gasteiger partial charge in [-0.25, -0.2) is 9.97 Å². The largest absolute Gasteiger partial charge is 0.472 e. The van der Waals surface area contributed by atoms with Crippen molar-refractivity contribution in [2.24, 2.45) is 0 Å². The van der Waals surface area contributed by atoms with Gasteiger partial charge < -0.3 is 13.7 Å². The summed E-state index contributed by atoms with van der Waals surface area (Å²) >= 11 is 1.47. The summed E-state index contributed by atoms with van der Waals surface area (Å²) in [5.74, 6) is -0.415. The van der Waals surface area contributed by atoms with Crippen LogP contribution in [0.15, 0.2) is 52.9 Å². The van der Waals surface area contributed by atoms with Crippen LogP contribution in [0.1, 0.15) is 26.8 Å². The minimum atomic E-state index is -4.63. The second-order valence-corrected chi connectivity index (χ2v) is 8.04. The highest BCUT2D eigenvalue weighted by atomic mass is 32.1. The minimum absolute atomic E-state index is 0.00336. The number of hydrogen-bond acceptors (Lipinski definition) is 5. The molecule has 0 N–H and O–H groups in total. The molecule has 0 radical (unpaired) electrons. The number of nitrogens with zero attached hydrogens (tertiary/aromatic N) is 4. The molecule has 5 rings (SSSR count). The van der Waals surface area contributed by atoms with Gasteiger partial charge in [-0.3, -0.25) is 4.79 Å². The lowest BCUT2D eigenvalue weighted by Gasteiger charge is -2.15. The molecule has 0 unspecified atom stereocenters. The predicted octanol–water partition coefficient (Wildman–Crippen LogP) is 4.92. The van der Waals surface area contributed by atoms with E-state index < -0.39 is 17.6 Å². The molecule has 31 heavy (non-hydrogen) atoms. The van der Waals surface area contributed by atoms with Crippen LogP contribution in [0.25, 0.3) is 22.3 Å². The highest BCUT2D eigenvalue weighted by Crippen LogP contribution is 2.36. The van der Waals surface area contributed by atoms with Crippen molar-refractivity contribution in [1.29, 1.82) is 0 Å². The number of fused-ring (bicyclic) bond motifs is 1. The molecule has 158 valence electrons. The molecule has 0 aromatic carbocycles. The molecule has 1 aliphatic rings. The van der Waals surface area contributed by atoms with E-state index in [0.717, 1.165) is 16.6 Å². The zero-order valence-corrected chi connectivity index (χ0v) is 17.0. The van der Waals surface area contributed by atoms with Crippen molar-refractivity contribution in [1.82, 2.24) is 19.3 Å². The first-order valence-electron chi connectivity index (χ1n) is 9.33. The third kappa shape index (κ3) is 3.32. The van der Waals surface area contributed by atoms with Crippen LogP contribution in [-0.2, 0) is 6.18 Å². The maximum atomic E-state index is 13.8. The van der Waals surface area contributed by atoms with E-state index in [1.807, 2.05) is 11.5 Å². The smallest absolute Gasteiger partial charge is 0.420 e. The number of amides is 1. The fraction of sp³-hybridized carbons (Fsp3) is 0.190. The number of aromatic nitrogens is 3. The molecule has 0 fully saturated rings.